The highest BCUT2D eigenvalue weighted by atomic mass is 32.2. The van der Waals surface area contributed by atoms with E-state index < -0.39 is 4.92 Å². The number of imidazole rings is 1. The maximum Gasteiger partial charge on any atom is 0.269 e. The van der Waals surface area contributed by atoms with Gasteiger partial charge in [0.25, 0.3) is 11.6 Å². The van der Waals surface area contributed by atoms with Crippen molar-refractivity contribution >= 4 is 46.0 Å². The first kappa shape index (κ1) is 20.7. The molecule has 156 valence electrons. The first-order chi connectivity index (χ1) is 14.5. The summed E-state index contributed by atoms with van der Waals surface area (Å²) >= 11 is 6.87. The SMILES string of the molecule is O=C1/C(=C\c2cn(-c3ccc([N+](=O)[O-])cc3)cn2)SC(=S)N1C1CCCCCCC1. The van der Waals surface area contributed by atoms with Crippen LogP contribution in [0.1, 0.15) is 50.6 Å². The van der Waals surface area contributed by atoms with E-state index in [0.29, 0.717) is 14.9 Å². The van der Waals surface area contributed by atoms with Crippen molar-refractivity contribution in [3.63, 3.8) is 0 Å². The molecule has 0 N–H and O–H groups in total. The van der Waals surface area contributed by atoms with Crippen molar-refractivity contribution in [2.24, 2.45) is 0 Å². The molecule has 1 aliphatic carbocycles. The van der Waals surface area contributed by atoms with Gasteiger partial charge in [-0.2, -0.15) is 0 Å². The summed E-state index contributed by atoms with van der Waals surface area (Å²) in [5, 5.41) is 10.8. The summed E-state index contributed by atoms with van der Waals surface area (Å²) in [6, 6.07) is 6.43. The molecule has 0 unspecified atom stereocenters. The number of amides is 1. The summed E-state index contributed by atoms with van der Waals surface area (Å²) in [5.41, 5.74) is 1.44. The average Bonchev–Trinajstić information content (AvgIpc) is 3.27. The largest absolute Gasteiger partial charge is 0.306 e. The second-order valence-electron chi connectivity index (χ2n) is 7.53. The van der Waals surface area contributed by atoms with Crippen molar-refractivity contribution in [1.82, 2.24) is 14.5 Å². The Morgan fingerprint density at radius 1 is 1.13 bits per heavy atom. The zero-order valence-electron chi connectivity index (χ0n) is 16.4. The molecule has 9 heteroatoms. The molecule has 2 aliphatic rings. The Hall–Kier alpha value is -2.52. The minimum Gasteiger partial charge on any atom is -0.306 e. The maximum atomic E-state index is 13.0. The number of benzene rings is 1. The number of nitrogens with zero attached hydrogens (tertiary/aromatic N) is 4. The fourth-order valence-corrected chi connectivity index (χ4v) is 5.31. The number of non-ortho nitro benzene ring substituents is 1. The monoisotopic (exact) mass is 442 g/mol. The van der Waals surface area contributed by atoms with Crippen LogP contribution < -0.4 is 0 Å². The van der Waals surface area contributed by atoms with Crippen molar-refractivity contribution in [1.29, 1.82) is 0 Å². The predicted octanol–water partition coefficient (Wildman–Crippen LogP) is 5.09. The lowest BCUT2D eigenvalue weighted by molar-refractivity contribution is -0.384. The normalized spacial score (nSPS) is 19.9. The molecule has 7 nitrogen and oxygen atoms in total. The van der Waals surface area contributed by atoms with Gasteiger partial charge in [0.1, 0.15) is 4.32 Å². The lowest BCUT2D eigenvalue weighted by Gasteiger charge is -2.28. The van der Waals surface area contributed by atoms with E-state index in [2.05, 4.69) is 4.98 Å². The fourth-order valence-electron chi connectivity index (χ4n) is 3.92. The molecule has 0 radical (unpaired) electrons. The molecular formula is C21H22N4O3S2. The average molecular weight is 443 g/mol. The summed E-state index contributed by atoms with van der Waals surface area (Å²) in [6.45, 7) is 0. The first-order valence-corrected chi connectivity index (χ1v) is 11.3. The van der Waals surface area contributed by atoms with E-state index in [1.54, 1.807) is 35.3 Å². The van der Waals surface area contributed by atoms with Crippen LogP contribution in [0.5, 0.6) is 0 Å². The summed E-state index contributed by atoms with van der Waals surface area (Å²) in [7, 11) is 0. The third-order valence-corrected chi connectivity index (χ3v) is 6.83. The molecule has 2 aromatic rings. The fraction of sp³-hybridized carbons (Fsp3) is 0.381. The molecule has 1 saturated heterocycles. The number of thioether (sulfide) groups is 1. The maximum absolute atomic E-state index is 13.0. The Kier molecular flexibility index (Phi) is 6.29. The predicted molar refractivity (Wildman–Crippen MR) is 121 cm³/mol. The summed E-state index contributed by atoms with van der Waals surface area (Å²) in [4.78, 5) is 30.2. The zero-order valence-corrected chi connectivity index (χ0v) is 18.0. The van der Waals surface area contributed by atoms with Crippen LogP contribution in [-0.4, -0.2) is 35.6 Å². The molecule has 4 rings (SSSR count). The highest BCUT2D eigenvalue weighted by Crippen LogP contribution is 2.36. The third kappa shape index (κ3) is 4.46. The van der Waals surface area contributed by atoms with Gasteiger partial charge in [-0.3, -0.25) is 19.8 Å². The van der Waals surface area contributed by atoms with Crippen molar-refractivity contribution in [2.75, 3.05) is 0 Å². The lowest BCUT2D eigenvalue weighted by atomic mass is 9.96. The molecular weight excluding hydrogens is 420 g/mol. The smallest absolute Gasteiger partial charge is 0.269 e. The first-order valence-electron chi connectivity index (χ1n) is 10.1. The number of nitro groups is 1. The lowest BCUT2D eigenvalue weighted by Crippen LogP contribution is -2.39. The Morgan fingerprint density at radius 3 is 2.47 bits per heavy atom. The quantitative estimate of drug-likeness (QED) is 0.284. The van der Waals surface area contributed by atoms with Gasteiger partial charge in [0.2, 0.25) is 0 Å². The van der Waals surface area contributed by atoms with Gasteiger partial charge in [-0.15, -0.1) is 0 Å². The topological polar surface area (TPSA) is 81.3 Å². The number of carbonyl (C=O) groups is 1. The van der Waals surface area contributed by atoms with Gasteiger partial charge in [-0.25, -0.2) is 4.98 Å². The molecule has 0 spiro atoms. The van der Waals surface area contributed by atoms with Crippen LogP contribution in [0.25, 0.3) is 11.8 Å². The van der Waals surface area contributed by atoms with Crippen molar-refractivity contribution in [3.8, 4) is 5.69 Å². The second-order valence-corrected chi connectivity index (χ2v) is 9.21. The van der Waals surface area contributed by atoms with Crippen LogP contribution >= 0.6 is 24.0 Å². The van der Waals surface area contributed by atoms with Gasteiger partial charge < -0.3 is 4.57 Å². The number of aromatic nitrogens is 2. The second kappa shape index (κ2) is 9.09. The van der Waals surface area contributed by atoms with Gasteiger partial charge >= 0.3 is 0 Å². The molecule has 2 heterocycles. The molecule has 0 bridgehead atoms. The van der Waals surface area contributed by atoms with Crippen LogP contribution in [0.15, 0.2) is 41.7 Å². The van der Waals surface area contributed by atoms with E-state index in [4.69, 9.17) is 12.2 Å². The molecule has 30 heavy (non-hydrogen) atoms. The van der Waals surface area contributed by atoms with Crippen molar-refractivity contribution in [3.05, 3.63) is 57.5 Å². The highest BCUT2D eigenvalue weighted by Gasteiger charge is 2.37. The molecule has 1 aromatic heterocycles. The molecule has 2 fully saturated rings. The van der Waals surface area contributed by atoms with Crippen molar-refractivity contribution in [2.45, 2.75) is 51.0 Å². The molecule has 1 saturated carbocycles. The molecule has 0 atom stereocenters. The number of hydrogen-bond acceptors (Lipinski definition) is 6. The summed E-state index contributed by atoms with van der Waals surface area (Å²) in [5.74, 6) is -0.0274. The van der Waals surface area contributed by atoms with Crippen LogP contribution in [0.4, 0.5) is 5.69 Å². The molecule has 1 aromatic carbocycles. The van der Waals surface area contributed by atoms with Crippen LogP contribution in [0.2, 0.25) is 0 Å². The number of carbonyl (C=O) groups excluding carboxylic acids is 1. The molecule has 1 amide bonds. The minimum atomic E-state index is -0.429. The Balaban J connectivity index is 1.50. The van der Waals surface area contributed by atoms with E-state index in [1.807, 2.05) is 4.90 Å². The Bertz CT molecular complexity index is 992. The zero-order chi connectivity index (χ0) is 21.1. The standard InChI is InChI=1S/C21H22N4O3S2/c26-20-19(30-21(29)24(20)17-6-4-2-1-3-5-7-17)12-15-13-23(14-22-15)16-8-10-18(11-9-16)25(27)28/h8-14,17H,1-7H2/b19-12+. The van der Waals surface area contributed by atoms with Gasteiger partial charge in [0, 0.05) is 30.1 Å². The van der Waals surface area contributed by atoms with E-state index in [-0.39, 0.29) is 17.6 Å². The van der Waals surface area contributed by atoms with E-state index in [0.717, 1.165) is 31.4 Å². The Labute approximate surface area is 184 Å². The number of rotatable bonds is 4. The summed E-state index contributed by atoms with van der Waals surface area (Å²) in [6.07, 6.45) is 13.2. The Morgan fingerprint density at radius 2 is 1.80 bits per heavy atom. The van der Waals surface area contributed by atoms with E-state index >= 15 is 0 Å². The number of hydrogen-bond donors (Lipinski definition) is 0. The van der Waals surface area contributed by atoms with E-state index in [1.165, 1.54) is 43.2 Å². The highest BCUT2D eigenvalue weighted by molar-refractivity contribution is 8.26. The van der Waals surface area contributed by atoms with Crippen LogP contribution in [0, 0.1) is 10.1 Å². The van der Waals surface area contributed by atoms with Gasteiger partial charge in [-0.05, 0) is 31.1 Å². The van der Waals surface area contributed by atoms with Gasteiger partial charge in [0.15, 0.2) is 0 Å². The van der Waals surface area contributed by atoms with Crippen LogP contribution in [0.3, 0.4) is 0 Å². The van der Waals surface area contributed by atoms with Crippen molar-refractivity contribution < 1.29 is 9.72 Å². The van der Waals surface area contributed by atoms with Crippen LogP contribution in [-0.2, 0) is 4.79 Å². The third-order valence-electron chi connectivity index (χ3n) is 5.50. The molecule has 1 aliphatic heterocycles. The summed E-state index contributed by atoms with van der Waals surface area (Å²) < 4.78 is 2.40. The van der Waals surface area contributed by atoms with E-state index in [9.17, 15) is 14.9 Å². The number of thiocarbonyl (C=S) groups is 1. The minimum absolute atomic E-state index is 0.0274. The van der Waals surface area contributed by atoms with Gasteiger partial charge in [-0.1, -0.05) is 56.1 Å². The van der Waals surface area contributed by atoms with Gasteiger partial charge in [0.05, 0.1) is 21.8 Å². The number of nitro benzene ring substituents is 1.